The molecule has 2 heterocycles. The van der Waals surface area contributed by atoms with Crippen molar-refractivity contribution in [2.24, 2.45) is 20.7 Å². The van der Waals surface area contributed by atoms with Crippen molar-refractivity contribution in [3.63, 3.8) is 0 Å². The Morgan fingerprint density at radius 1 is 1.25 bits per heavy atom. The molecule has 0 radical (unpaired) electrons. The summed E-state index contributed by atoms with van der Waals surface area (Å²) >= 11 is 0. The fourth-order valence-corrected chi connectivity index (χ4v) is 3.39. The number of aliphatic imine (C=N–C) groups is 3. The number of likely N-dealkylation sites (N-methyl/N-ethyl adjacent to an activating group) is 1. The van der Waals surface area contributed by atoms with Crippen LogP contribution in [0.1, 0.15) is 42.5 Å². The predicted octanol–water partition coefficient (Wildman–Crippen LogP) is 4.39. The Morgan fingerprint density at radius 2 is 1.98 bits per heavy atom. The fraction of sp³-hybridized carbons (Fsp3) is 0.346. The molecule has 0 aliphatic carbocycles. The molecule has 1 aliphatic rings. The van der Waals surface area contributed by atoms with Crippen LogP contribution in [-0.4, -0.2) is 61.2 Å². The highest BCUT2D eigenvalue weighted by Crippen LogP contribution is 2.36. The monoisotopic (exact) mass is 560 g/mol. The Kier molecular flexibility index (Phi) is 9.14. The SMILES string of the molecule is C=C/N=C1/C=NC(N(C)CCOC)=N/C1=C(/N)Nc1cc(C(=O)Nc2cc(C(C)(C)C)on2)ccc1C(F)(F)F. The third kappa shape index (κ3) is 7.34. The summed E-state index contributed by atoms with van der Waals surface area (Å²) < 4.78 is 52.0. The summed E-state index contributed by atoms with van der Waals surface area (Å²) in [5.41, 5.74) is 4.48. The molecule has 214 valence electrons. The zero-order valence-electron chi connectivity index (χ0n) is 22.8. The molecular formula is C26H31F3N8O3. The lowest BCUT2D eigenvalue weighted by Crippen LogP contribution is -2.32. The Bertz CT molecular complexity index is 1380. The summed E-state index contributed by atoms with van der Waals surface area (Å²) in [4.78, 5) is 27.2. The van der Waals surface area contributed by atoms with Crippen LogP contribution in [0.3, 0.4) is 0 Å². The van der Waals surface area contributed by atoms with E-state index in [0.29, 0.717) is 18.9 Å². The first-order valence-electron chi connectivity index (χ1n) is 12.0. The van der Waals surface area contributed by atoms with Gasteiger partial charge in [0.1, 0.15) is 23.0 Å². The van der Waals surface area contributed by atoms with Crippen LogP contribution in [0.15, 0.2) is 68.1 Å². The van der Waals surface area contributed by atoms with Crippen LogP contribution in [-0.2, 0) is 16.3 Å². The lowest BCUT2D eigenvalue weighted by Gasteiger charge is -2.22. The van der Waals surface area contributed by atoms with E-state index in [4.69, 9.17) is 15.0 Å². The minimum atomic E-state index is -4.75. The van der Waals surface area contributed by atoms with Crippen molar-refractivity contribution in [2.75, 3.05) is 37.9 Å². The third-order valence-corrected chi connectivity index (χ3v) is 5.56. The van der Waals surface area contributed by atoms with Crippen LogP contribution in [0.2, 0.25) is 0 Å². The van der Waals surface area contributed by atoms with Crippen molar-refractivity contribution in [1.82, 2.24) is 10.1 Å². The first-order valence-corrected chi connectivity index (χ1v) is 12.0. The largest absolute Gasteiger partial charge is 0.418 e. The molecule has 0 bridgehead atoms. The van der Waals surface area contributed by atoms with Crippen molar-refractivity contribution in [1.29, 1.82) is 0 Å². The Labute approximate surface area is 229 Å². The summed E-state index contributed by atoms with van der Waals surface area (Å²) in [7, 11) is 3.26. The van der Waals surface area contributed by atoms with Gasteiger partial charge >= 0.3 is 6.18 Å². The molecule has 40 heavy (non-hydrogen) atoms. The number of nitrogens with two attached hydrogens (primary N) is 1. The third-order valence-electron chi connectivity index (χ3n) is 5.56. The molecule has 0 atom stereocenters. The number of ether oxygens (including phenoxy) is 1. The normalized spacial score (nSPS) is 16.0. The Hall–Kier alpha value is -4.46. The Balaban J connectivity index is 1.99. The fourth-order valence-electron chi connectivity index (χ4n) is 3.39. The molecule has 2 aromatic rings. The standard InChI is InChI=1S/C26H31F3N8O3/c1-7-31-18-14-32-24(37(5)10-11-39-6)35-21(18)22(30)33-17-12-15(8-9-16(17)26(27,28)29)23(38)34-20-13-19(40-36-20)25(2,3)4/h7-9,12-14,33H,1,10-11,30H2,2-6H3,(H,34,36,38)/b22-21-,31-18-. The molecule has 1 aromatic carbocycles. The van der Waals surface area contributed by atoms with Gasteiger partial charge in [0.25, 0.3) is 5.91 Å². The van der Waals surface area contributed by atoms with E-state index in [1.54, 1.807) is 25.1 Å². The zero-order chi connectivity index (χ0) is 29.7. The molecule has 0 saturated carbocycles. The summed E-state index contributed by atoms with van der Waals surface area (Å²) in [5.74, 6) is -0.0597. The molecule has 0 unspecified atom stereocenters. The van der Waals surface area contributed by atoms with Gasteiger partial charge in [0.05, 0.1) is 24.1 Å². The van der Waals surface area contributed by atoms with E-state index in [2.05, 4.69) is 37.3 Å². The summed E-state index contributed by atoms with van der Waals surface area (Å²) in [5, 5.41) is 8.90. The molecule has 1 amide bonds. The van der Waals surface area contributed by atoms with Crippen LogP contribution >= 0.6 is 0 Å². The number of alkyl halides is 3. The number of halogens is 3. The maximum absolute atomic E-state index is 13.9. The van der Waals surface area contributed by atoms with E-state index in [9.17, 15) is 18.0 Å². The first kappa shape index (κ1) is 30.1. The van der Waals surface area contributed by atoms with Gasteiger partial charge in [-0.2, -0.15) is 13.2 Å². The number of rotatable bonds is 8. The predicted molar refractivity (Wildman–Crippen MR) is 148 cm³/mol. The molecule has 0 fully saturated rings. The average Bonchev–Trinajstić information content (AvgIpc) is 3.36. The number of hydrogen-bond donors (Lipinski definition) is 3. The van der Waals surface area contributed by atoms with Crippen LogP contribution in [0, 0.1) is 0 Å². The lowest BCUT2D eigenvalue weighted by molar-refractivity contribution is -0.136. The van der Waals surface area contributed by atoms with E-state index >= 15 is 0 Å². The number of methoxy groups -OCH3 is 1. The minimum absolute atomic E-state index is 0.0365. The van der Waals surface area contributed by atoms with E-state index in [1.807, 2.05) is 20.8 Å². The van der Waals surface area contributed by atoms with Gasteiger partial charge in [-0.05, 0) is 18.2 Å². The van der Waals surface area contributed by atoms with Crippen molar-refractivity contribution in [3.8, 4) is 0 Å². The zero-order valence-corrected chi connectivity index (χ0v) is 22.8. The number of amides is 1. The van der Waals surface area contributed by atoms with Crippen molar-refractivity contribution in [2.45, 2.75) is 32.4 Å². The van der Waals surface area contributed by atoms with Gasteiger partial charge in [0.15, 0.2) is 5.82 Å². The molecular weight excluding hydrogens is 529 g/mol. The van der Waals surface area contributed by atoms with E-state index in [-0.39, 0.29) is 40.0 Å². The van der Waals surface area contributed by atoms with Crippen molar-refractivity contribution < 1.29 is 27.2 Å². The molecule has 0 spiro atoms. The number of nitrogens with zero attached hydrogens (tertiary/aromatic N) is 5. The smallest absolute Gasteiger partial charge is 0.383 e. The van der Waals surface area contributed by atoms with E-state index in [1.165, 1.54) is 12.4 Å². The number of carbonyl (C=O) groups excluding carboxylic acids is 1. The quantitative estimate of drug-likeness (QED) is 0.435. The lowest BCUT2D eigenvalue weighted by atomic mass is 9.93. The average molecular weight is 561 g/mol. The summed E-state index contributed by atoms with van der Waals surface area (Å²) in [6, 6.07) is 4.42. The summed E-state index contributed by atoms with van der Waals surface area (Å²) in [6.07, 6.45) is -2.16. The number of carbonyl (C=O) groups is 1. The number of aromatic nitrogens is 1. The van der Waals surface area contributed by atoms with Crippen molar-refractivity contribution >= 4 is 35.3 Å². The van der Waals surface area contributed by atoms with E-state index in [0.717, 1.165) is 18.2 Å². The number of benzene rings is 1. The van der Waals surface area contributed by atoms with Gasteiger partial charge in [-0.1, -0.05) is 32.5 Å². The molecule has 14 heteroatoms. The molecule has 4 N–H and O–H groups in total. The topological polar surface area (TPSA) is 143 Å². The highest BCUT2D eigenvalue weighted by Gasteiger charge is 2.34. The number of nitrogens with one attached hydrogen (secondary N) is 2. The van der Waals surface area contributed by atoms with Gasteiger partial charge in [-0.3, -0.25) is 9.79 Å². The molecule has 1 aromatic heterocycles. The maximum Gasteiger partial charge on any atom is 0.418 e. The van der Waals surface area contributed by atoms with Gasteiger partial charge in [-0.25, -0.2) is 9.98 Å². The molecule has 3 rings (SSSR count). The van der Waals surface area contributed by atoms with Gasteiger partial charge in [0.2, 0.25) is 5.96 Å². The molecule has 1 aliphatic heterocycles. The number of hydrogen-bond acceptors (Lipinski definition) is 10. The highest BCUT2D eigenvalue weighted by molar-refractivity contribution is 6.41. The van der Waals surface area contributed by atoms with E-state index < -0.39 is 23.3 Å². The van der Waals surface area contributed by atoms with Crippen LogP contribution in [0.4, 0.5) is 24.7 Å². The second-order valence-corrected chi connectivity index (χ2v) is 9.71. The second kappa shape index (κ2) is 12.2. The molecule has 0 saturated heterocycles. The van der Waals surface area contributed by atoms with Crippen molar-refractivity contribution in [3.05, 3.63) is 65.4 Å². The van der Waals surface area contributed by atoms with Crippen LogP contribution in [0.25, 0.3) is 0 Å². The number of guanidine groups is 1. The minimum Gasteiger partial charge on any atom is -0.383 e. The highest BCUT2D eigenvalue weighted by atomic mass is 19.4. The number of allylic oxidation sites excluding steroid dienone is 1. The second-order valence-electron chi connectivity index (χ2n) is 9.71. The van der Waals surface area contributed by atoms with Gasteiger partial charge < -0.3 is 30.5 Å². The Morgan fingerprint density at radius 3 is 2.58 bits per heavy atom. The maximum atomic E-state index is 13.9. The van der Waals surface area contributed by atoms with Crippen LogP contribution in [0.5, 0.6) is 0 Å². The molecule has 11 nitrogen and oxygen atoms in total. The first-order chi connectivity index (χ1) is 18.7. The van der Waals surface area contributed by atoms with Gasteiger partial charge in [-0.15, -0.1) is 0 Å². The van der Waals surface area contributed by atoms with Crippen LogP contribution < -0.4 is 16.4 Å². The number of anilines is 2. The summed E-state index contributed by atoms with van der Waals surface area (Å²) in [6.45, 7) is 10.1. The van der Waals surface area contributed by atoms with Gasteiger partial charge in [0, 0.05) is 43.9 Å².